The first kappa shape index (κ1) is 13.5. The smallest absolute Gasteiger partial charge is 0.325 e. The number of nitrogens with zero attached hydrogens (tertiary/aromatic N) is 1. The predicted octanol–water partition coefficient (Wildman–Crippen LogP) is 1.30. The maximum absolute atomic E-state index is 11.6. The molecule has 1 heterocycles. The van der Waals surface area contributed by atoms with Crippen LogP contribution in [0.25, 0.3) is 0 Å². The summed E-state index contributed by atoms with van der Waals surface area (Å²) in [6.07, 6.45) is 2.39. The van der Waals surface area contributed by atoms with Crippen molar-refractivity contribution in [2.45, 2.75) is 32.7 Å². The minimum Gasteiger partial charge on any atom is -0.468 e. The fourth-order valence-electron chi connectivity index (χ4n) is 2.19. The quantitative estimate of drug-likeness (QED) is 0.666. The highest BCUT2D eigenvalue weighted by Crippen LogP contribution is 2.14. The normalized spacial score (nSPS) is 24.1. The first-order chi connectivity index (χ1) is 7.69. The van der Waals surface area contributed by atoms with Crippen LogP contribution in [0.3, 0.4) is 0 Å². The zero-order valence-electron chi connectivity index (χ0n) is 10.6. The largest absolute Gasteiger partial charge is 0.468 e. The third-order valence-electron chi connectivity index (χ3n) is 3.04. The van der Waals surface area contributed by atoms with Crippen molar-refractivity contribution in [2.75, 3.05) is 33.4 Å². The van der Waals surface area contributed by atoms with E-state index in [-0.39, 0.29) is 12.0 Å². The Hall–Kier alpha value is -0.610. The van der Waals surface area contributed by atoms with E-state index in [0.29, 0.717) is 19.1 Å². The summed E-state index contributed by atoms with van der Waals surface area (Å²) in [4.78, 5) is 13.8. The molecule has 1 fully saturated rings. The fraction of sp³-hybridized carbons (Fsp3) is 0.917. The molecule has 2 atom stereocenters. The zero-order chi connectivity index (χ0) is 12.0. The maximum Gasteiger partial charge on any atom is 0.325 e. The molecular formula is C12H23NO3. The van der Waals surface area contributed by atoms with E-state index in [4.69, 9.17) is 9.47 Å². The second-order valence-corrected chi connectivity index (χ2v) is 4.50. The van der Waals surface area contributed by atoms with Crippen molar-refractivity contribution in [3.8, 4) is 0 Å². The van der Waals surface area contributed by atoms with E-state index >= 15 is 0 Å². The van der Waals surface area contributed by atoms with Crippen molar-refractivity contribution in [3.05, 3.63) is 0 Å². The van der Waals surface area contributed by atoms with Crippen LogP contribution in [-0.2, 0) is 14.3 Å². The number of carbonyl (C=O) groups is 1. The number of hydrogen-bond acceptors (Lipinski definition) is 4. The highest BCUT2D eigenvalue weighted by atomic mass is 16.5. The van der Waals surface area contributed by atoms with Gasteiger partial charge in [0.15, 0.2) is 0 Å². The van der Waals surface area contributed by atoms with E-state index < -0.39 is 0 Å². The molecule has 2 unspecified atom stereocenters. The van der Waals surface area contributed by atoms with E-state index in [1.165, 1.54) is 20.0 Å². The number of rotatable bonds is 5. The molecule has 0 aromatic rings. The lowest BCUT2D eigenvalue weighted by atomic mass is 10.0. The Balaban J connectivity index is 2.49. The molecule has 1 saturated heterocycles. The van der Waals surface area contributed by atoms with Crippen LogP contribution in [0.1, 0.15) is 26.7 Å². The average molecular weight is 229 g/mol. The van der Waals surface area contributed by atoms with Crippen LogP contribution < -0.4 is 0 Å². The van der Waals surface area contributed by atoms with Gasteiger partial charge in [-0.15, -0.1) is 0 Å². The first-order valence-corrected chi connectivity index (χ1v) is 6.08. The van der Waals surface area contributed by atoms with E-state index in [0.717, 1.165) is 13.1 Å². The van der Waals surface area contributed by atoms with Crippen molar-refractivity contribution in [3.63, 3.8) is 0 Å². The van der Waals surface area contributed by atoms with Crippen molar-refractivity contribution in [2.24, 2.45) is 5.92 Å². The van der Waals surface area contributed by atoms with Crippen LogP contribution in [-0.4, -0.2) is 50.3 Å². The molecule has 0 radical (unpaired) electrons. The van der Waals surface area contributed by atoms with Crippen LogP contribution in [0.2, 0.25) is 0 Å². The molecule has 0 aliphatic carbocycles. The van der Waals surface area contributed by atoms with Gasteiger partial charge in [0.1, 0.15) is 6.04 Å². The zero-order valence-corrected chi connectivity index (χ0v) is 10.6. The molecule has 94 valence electrons. The molecule has 0 saturated carbocycles. The molecule has 16 heavy (non-hydrogen) atoms. The first-order valence-electron chi connectivity index (χ1n) is 6.08. The molecule has 0 amide bonds. The second-order valence-electron chi connectivity index (χ2n) is 4.50. The van der Waals surface area contributed by atoms with Crippen LogP contribution in [0.4, 0.5) is 0 Å². The third-order valence-corrected chi connectivity index (χ3v) is 3.04. The molecular weight excluding hydrogens is 206 g/mol. The Morgan fingerprint density at radius 1 is 1.62 bits per heavy atom. The van der Waals surface area contributed by atoms with Gasteiger partial charge in [-0.05, 0) is 12.3 Å². The number of esters is 1. The summed E-state index contributed by atoms with van der Waals surface area (Å²) >= 11 is 0. The molecule has 0 aromatic heterocycles. The van der Waals surface area contributed by atoms with E-state index in [1.807, 2.05) is 0 Å². The molecule has 1 aliphatic heterocycles. The van der Waals surface area contributed by atoms with Crippen molar-refractivity contribution >= 4 is 5.97 Å². The molecule has 0 spiro atoms. The summed E-state index contributed by atoms with van der Waals surface area (Å²) in [5.41, 5.74) is 0. The SMILES string of the molecule is CCCC(C)CN1CCOCC1C(=O)OC. The van der Waals surface area contributed by atoms with Gasteiger partial charge in [0.2, 0.25) is 0 Å². The lowest BCUT2D eigenvalue weighted by Crippen LogP contribution is -2.51. The number of ether oxygens (including phenoxy) is 2. The molecule has 0 bridgehead atoms. The standard InChI is InChI=1S/C12H23NO3/c1-4-5-10(2)8-13-6-7-16-9-11(13)12(14)15-3/h10-11H,4-9H2,1-3H3. The lowest BCUT2D eigenvalue weighted by Gasteiger charge is -2.35. The van der Waals surface area contributed by atoms with Gasteiger partial charge in [-0.2, -0.15) is 0 Å². The van der Waals surface area contributed by atoms with Gasteiger partial charge in [0, 0.05) is 13.1 Å². The Bertz CT molecular complexity index is 220. The van der Waals surface area contributed by atoms with Crippen molar-refractivity contribution in [1.29, 1.82) is 0 Å². The number of methoxy groups -OCH3 is 1. The van der Waals surface area contributed by atoms with Crippen LogP contribution in [0.15, 0.2) is 0 Å². The van der Waals surface area contributed by atoms with Gasteiger partial charge in [-0.3, -0.25) is 9.69 Å². The van der Waals surface area contributed by atoms with Gasteiger partial charge in [-0.25, -0.2) is 0 Å². The summed E-state index contributed by atoms with van der Waals surface area (Å²) in [6, 6.07) is -0.210. The van der Waals surface area contributed by atoms with Gasteiger partial charge in [-0.1, -0.05) is 20.3 Å². The summed E-state index contributed by atoms with van der Waals surface area (Å²) in [5.74, 6) is 0.443. The third kappa shape index (κ3) is 3.76. The number of hydrogen-bond donors (Lipinski definition) is 0. The predicted molar refractivity (Wildman–Crippen MR) is 62.3 cm³/mol. The Kier molecular flexibility index (Phi) is 5.77. The van der Waals surface area contributed by atoms with Crippen molar-refractivity contribution < 1.29 is 14.3 Å². The van der Waals surface area contributed by atoms with E-state index in [2.05, 4.69) is 18.7 Å². The summed E-state index contributed by atoms with van der Waals surface area (Å²) in [7, 11) is 1.44. The Labute approximate surface area is 97.9 Å². The molecule has 0 N–H and O–H groups in total. The number of carbonyl (C=O) groups excluding carboxylic acids is 1. The van der Waals surface area contributed by atoms with Gasteiger partial charge in [0.25, 0.3) is 0 Å². The fourth-order valence-corrected chi connectivity index (χ4v) is 2.19. The van der Waals surface area contributed by atoms with Crippen LogP contribution in [0, 0.1) is 5.92 Å². The molecule has 1 aliphatic rings. The van der Waals surface area contributed by atoms with E-state index in [1.54, 1.807) is 0 Å². The minimum absolute atomic E-state index is 0.177. The molecule has 1 rings (SSSR count). The average Bonchev–Trinajstić information content (AvgIpc) is 2.29. The summed E-state index contributed by atoms with van der Waals surface area (Å²) in [6.45, 7) is 7.38. The van der Waals surface area contributed by atoms with Crippen molar-refractivity contribution in [1.82, 2.24) is 4.90 Å². The molecule has 4 nitrogen and oxygen atoms in total. The summed E-state index contributed by atoms with van der Waals surface area (Å²) in [5, 5.41) is 0. The highest BCUT2D eigenvalue weighted by molar-refractivity contribution is 5.75. The minimum atomic E-state index is -0.210. The maximum atomic E-state index is 11.6. The Morgan fingerprint density at radius 2 is 2.38 bits per heavy atom. The molecule has 0 aromatic carbocycles. The van der Waals surface area contributed by atoms with Crippen LogP contribution in [0.5, 0.6) is 0 Å². The summed E-state index contributed by atoms with van der Waals surface area (Å²) < 4.78 is 10.1. The Morgan fingerprint density at radius 3 is 3.00 bits per heavy atom. The van der Waals surface area contributed by atoms with E-state index in [9.17, 15) is 4.79 Å². The topological polar surface area (TPSA) is 38.8 Å². The van der Waals surface area contributed by atoms with Gasteiger partial charge < -0.3 is 9.47 Å². The van der Waals surface area contributed by atoms with Gasteiger partial charge in [0.05, 0.1) is 20.3 Å². The monoisotopic (exact) mass is 229 g/mol. The van der Waals surface area contributed by atoms with Gasteiger partial charge >= 0.3 is 5.97 Å². The highest BCUT2D eigenvalue weighted by Gasteiger charge is 2.30. The molecule has 4 heteroatoms. The lowest BCUT2D eigenvalue weighted by molar-refractivity contribution is -0.153. The number of morpholine rings is 1. The van der Waals surface area contributed by atoms with Crippen LogP contribution >= 0.6 is 0 Å². The second kappa shape index (κ2) is 6.86.